The van der Waals surface area contributed by atoms with E-state index in [-0.39, 0.29) is 11.3 Å². The van der Waals surface area contributed by atoms with Gasteiger partial charge in [0, 0.05) is 6.21 Å². The molecule has 0 aliphatic rings. The Labute approximate surface area is 138 Å². The number of methoxy groups -OCH3 is 1. The zero-order chi connectivity index (χ0) is 16.9. The molecule has 0 unspecified atom stereocenters. The van der Waals surface area contributed by atoms with E-state index in [0.717, 1.165) is 16.7 Å². The Morgan fingerprint density at radius 2 is 1.48 bits per heavy atom. The molecule has 0 heterocycles. The second-order valence-corrected chi connectivity index (χ2v) is 6.36. The van der Waals surface area contributed by atoms with Crippen molar-refractivity contribution in [3.8, 4) is 11.5 Å². The van der Waals surface area contributed by atoms with Crippen LogP contribution in [0.1, 0.15) is 37.5 Å². The molecule has 0 spiro atoms. The molecule has 0 saturated heterocycles. The van der Waals surface area contributed by atoms with Gasteiger partial charge in [-0.05, 0) is 49.6 Å². The number of hydrogen-bond acceptors (Lipinski definition) is 3. The van der Waals surface area contributed by atoms with Crippen molar-refractivity contribution in [1.29, 1.82) is 0 Å². The van der Waals surface area contributed by atoms with Crippen LogP contribution in [0.4, 0.5) is 0 Å². The van der Waals surface area contributed by atoms with Crippen molar-refractivity contribution < 1.29 is 9.84 Å². The van der Waals surface area contributed by atoms with Gasteiger partial charge in [-0.15, -0.1) is 0 Å². The molecule has 0 aliphatic heterocycles. The first-order chi connectivity index (χ1) is 10.9. The maximum atomic E-state index is 9.60. The molecule has 23 heavy (non-hydrogen) atoms. The predicted octanol–water partition coefficient (Wildman–Crippen LogP) is 4.79. The van der Waals surface area contributed by atoms with Gasteiger partial charge in [0.15, 0.2) is 11.5 Å². The van der Waals surface area contributed by atoms with E-state index in [9.17, 15) is 5.11 Å². The highest BCUT2D eigenvalue weighted by Crippen LogP contribution is 2.27. The van der Waals surface area contributed by atoms with Gasteiger partial charge in [0.2, 0.25) is 0 Å². The first-order valence-corrected chi connectivity index (χ1v) is 7.58. The Bertz CT molecular complexity index is 707. The first kappa shape index (κ1) is 16.8. The van der Waals surface area contributed by atoms with Crippen molar-refractivity contribution in [2.45, 2.75) is 26.3 Å². The normalized spacial score (nSPS) is 12.2. The average Bonchev–Trinajstić information content (AvgIpc) is 2.52. The van der Waals surface area contributed by atoms with Gasteiger partial charge in [-0.3, -0.25) is 4.99 Å². The molecule has 120 valence electrons. The number of aromatic hydroxyl groups is 1. The van der Waals surface area contributed by atoms with E-state index in [4.69, 9.17) is 4.74 Å². The van der Waals surface area contributed by atoms with Crippen molar-refractivity contribution >= 4 is 18.4 Å². The van der Waals surface area contributed by atoms with E-state index in [1.54, 1.807) is 19.2 Å². The number of aliphatic imine (C=N–C) groups is 1. The Balaban J connectivity index is 2.10. The van der Waals surface area contributed by atoms with Crippen LogP contribution in [-0.2, 0) is 0 Å². The Kier molecular flexibility index (Phi) is 5.22. The SMILES string of the molecule is COc1cc(C=Cc2ccc(C=NC(C)(C)C)cc2)ccc1O. The average molecular weight is 309 g/mol. The number of rotatable bonds is 4. The molecule has 0 amide bonds. The third kappa shape index (κ3) is 5.29. The number of benzene rings is 2. The van der Waals surface area contributed by atoms with Gasteiger partial charge in [0.05, 0.1) is 12.6 Å². The lowest BCUT2D eigenvalue weighted by Crippen LogP contribution is -2.09. The summed E-state index contributed by atoms with van der Waals surface area (Å²) in [5, 5.41) is 9.60. The fourth-order valence-electron chi connectivity index (χ4n) is 1.95. The fourth-order valence-corrected chi connectivity index (χ4v) is 1.95. The number of ether oxygens (including phenoxy) is 1. The van der Waals surface area contributed by atoms with Gasteiger partial charge in [-0.1, -0.05) is 42.5 Å². The van der Waals surface area contributed by atoms with Crippen molar-refractivity contribution in [2.75, 3.05) is 7.11 Å². The highest BCUT2D eigenvalue weighted by Gasteiger charge is 2.04. The highest BCUT2D eigenvalue weighted by molar-refractivity contribution is 5.81. The molecule has 0 fully saturated rings. The first-order valence-electron chi connectivity index (χ1n) is 7.58. The van der Waals surface area contributed by atoms with Gasteiger partial charge in [0.25, 0.3) is 0 Å². The van der Waals surface area contributed by atoms with E-state index in [1.165, 1.54) is 0 Å². The van der Waals surface area contributed by atoms with Crippen molar-refractivity contribution in [2.24, 2.45) is 4.99 Å². The van der Waals surface area contributed by atoms with E-state index in [2.05, 4.69) is 37.9 Å². The lowest BCUT2D eigenvalue weighted by molar-refractivity contribution is 0.373. The van der Waals surface area contributed by atoms with Gasteiger partial charge in [0.1, 0.15) is 0 Å². The van der Waals surface area contributed by atoms with Gasteiger partial charge < -0.3 is 9.84 Å². The van der Waals surface area contributed by atoms with Gasteiger partial charge in [-0.25, -0.2) is 0 Å². The van der Waals surface area contributed by atoms with Crippen LogP contribution in [0, 0.1) is 0 Å². The Morgan fingerprint density at radius 1 is 0.913 bits per heavy atom. The molecule has 0 saturated carbocycles. The van der Waals surface area contributed by atoms with E-state index in [0.29, 0.717) is 5.75 Å². The van der Waals surface area contributed by atoms with Crippen molar-refractivity contribution in [1.82, 2.24) is 0 Å². The summed E-state index contributed by atoms with van der Waals surface area (Å²) in [4.78, 5) is 4.50. The molecular weight excluding hydrogens is 286 g/mol. The lowest BCUT2D eigenvalue weighted by atomic mass is 10.1. The second-order valence-electron chi connectivity index (χ2n) is 6.36. The maximum absolute atomic E-state index is 9.60. The number of phenolic OH excluding ortho intramolecular Hbond substituents is 1. The number of nitrogens with zero attached hydrogens (tertiary/aromatic N) is 1. The minimum atomic E-state index is -0.0590. The smallest absolute Gasteiger partial charge is 0.161 e. The van der Waals surface area contributed by atoms with Crippen LogP contribution >= 0.6 is 0 Å². The zero-order valence-corrected chi connectivity index (χ0v) is 14.1. The largest absolute Gasteiger partial charge is 0.504 e. The van der Waals surface area contributed by atoms with Crippen LogP contribution in [0.25, 0.3) is 12.2 Å². The lowest BCUT2D eigenvalue weighted by Gasteiger charge is -2.10. The summed E-state index contributed by atoms with van der Waals surface area (Å²) in [6.07, 6.45) is 5.91. The quantitative estimate of drug-likeness (QED) is 0.652. The molecule has 2 aromatic rings. The molecule has 0 bridgehead atoms. The summed E-state index contributed by atoms with van der Waals surface area (Å²) in [5.41, 5.74) is 3.10. The summed E-state index contributed by atoms with van der Waals surface area (Å²) in [5.74, 6) is 0.619. The monoisotopic (exact) mass is 309 g/mol. The molecule has 0 aromatic heterocycles. The molecule has 0 aliphatic carbocycles. The third-order valence-electron chi connectivity index (χ3n) is 3.21. The Morgan fingerprint density at radius 3 is 2.09 bits per heavy atom. The van der Waals surface area contributed by atoms with Crippen LogP contribution in [-0.4, -0.2) is 24.0 Å². The molecule has 2 aromatic carbocycles. The van der Waals surface area contributed by atoms with Crippen LogP contribution in [0.2, 0.25) is 0 Å². The van der Waals surface area contributed by atoms with Gasteiger partial charge in [-0.2, -0.15) is 0 Å². The minimum Gasteiger partial charge on any atom is -0.504 e. The van der Waals surface area contributed by atoms with Crippen molar-refractivity contribution in [3.05, 3.63) is 59.2 Å². The molecule has 3 heteroatoms. The summed E-state index contributed by atoms with van der Waals surface area (Å²) >= 11 is 0. The Hall–Kier alpha value is -2.55. The third-order valence-corrected chi connectivity index (χ3v) is 3.21. The second kappa shape index (κ2) is 7.14. The van der Waals surface area contributed by atoms with E-state index in [1.807, 2.05) is 36.6 Å². The zero-order valence-electron chi connectivity index (χ0n) is 14.1. The predicted molar refractivity (Wildman–Crippen MR) is 97.4 cm³/mol. The standard InChI is InChI=1S/C20H23NO2/c1-20(2,3)21-14-17-9-6-15(7-10-17)5-8-16-11-12-18(22)19(13-16)23-4/h5-14,22H,1-4H3. The molecule has 2 rings (SSSR count). The molecule has 0 radical (unpaired) electrons. The van der Waals surface area contributed by atoms with E-state index >= 15 is 0 Å². The number of phenols is 1. The minimum absolute atomic E-state index is 0.0590. The summed E-state index contributed by atoms with van der Waals surface area (Å²) in [6.45, 7) is 6.23. The van der Waals surface area contributed by atoms with Crippen molar-refractivity contribution in [3.63, 3.8) is 0 Å². The van der Waals surface area contributed by atoms with E-state index < -0.39 is 0 Å². The van der Waals surface area contributed by atoms with Crippen LogP contribution in [0.5, 0.6) is 11.5 Å². The number of hydrogen-bond donors (Lipinski definition) is 1. The summed E-state index contributed by atoms with van der Waals surface area (Å²) < 4.78 is 5.11. The topological polar surface area (TPSA) is 41.8 Å². The van der Waals surface area contributed by atoms with Crippen LogP contribution < -0.4 is 4.74 Å². The summed E-state index contributed by atoms with van der Waals surface area (Å²) in [6, 6.07) is 13.5. The highest BCUT2D eigenvalue weighted by atomic mass is 16.5. The fraction of sp³-hybridized carbons (Fsp3) is 0.250. The van der Waals surface area contributed by atoms with Gasteiger partial charge >= 0.3 is 0 Å². The summed E-state index contributed by atoms with van der Waals surface area (Å²) in [7, 11) is 1.54. The maximum Gasteiger partial charge on any atom is 0.161 e. The molecule has 0 atom stereocenters. The molecular formula is C20H23NO2. The molecule has 3 nitrogen and oxygen atoms in total. The van der Waals surface area contributed by atoms with Crippen LogP contribution in [0.15, 0.2) is 47.5 Å². The molecule has 1 N–H and O–H groups in total. The van der Waals surface area contributed by atoms with Crippen LogP contribution in [0.3, 0.4) is 0 Å².